The predicted octanol–water partition coefficient (Wildman–Crippen LogP) is 1.65. The Kier molecular flexibility index (Phi) is 4.03. The van der Waals surface area contributed by atoms with Gasteiger partial charge in [-0.05, 0) is 36.6 Å². The average Bonchev–Trinajstić information content (AvgIpc) is 2.83. The van der Waals surface area contributed by atoms with Gasteiger partial charge in [-0.3, -0.25) is 9.69 Å². The highest BCUT2D eigenvalue weighted by molar-refractivity contribution is 5.98. The summed E-state index contributed by atoms with van der Waals surface area (Å²) in [4.78, 5) is 14.5. The molecule has 0 radical (unpaired) electrons. The summed E-state index contributed by atoms with van der Waals surface area (Å²) in [5.74, 6) is 1.05. The predicted molar refractivity (Wildman–Crippen MR) is 76.3 cm³/mol. The van der Waals surface area contributed by atoms with Crippen LogP contribution in [-0.4, -0.2) is 48.1 Å². The van der Waals surface area contributed by atoms with Crippen molar-refractivity contribution < 1.29 is 14.6 Å². The topological polar surface area (TPSA) is 49.8 Å². The molecule has 0 bridgehead atoms. The van der Waals surface area contributed by atoms with Crippen molar-refractivity contribution in [2.24, 2.45) is 0 Å². The third-order valence-electron chi connectivity index (χ3n) is 4.34. The summed E-state index contributed by atoms with van der Waals surface area (Å²) in [7, 11) is 0. The molecular formula is C16H21NO3. The Labute approximate surface area is 119 Å². The second-order valence-corrected chi connectivity index (χ2v) is 5.62. The molecule has 0 atom stereocenters. The van der Waals surface area contributed by atoms with Crippen LogP contribution in [0.1, 0.15) is 35.2 Å². The molecule has 1 aliphatic carbocycles. The van der Waals surface area contributed by atoms with Crippen LogP contribution in [0.5, 0.6) is 5.75 Å². The van der Waals surface area contributed by atoms with Crippen LogP contribution in [0, 0.1) is 0 Å². The van der Waals surface area contributed by atoms with E-state index in [1.165, 1.54) is 6.42 Å². The molecule has 0 spiro atoms. The van der Waals surface area contributed by atoms with E-state index in [-0.39, 0.29) is 12.4 Å². The molecule has 4 nitrogen and oxygen atoms in total. The molecule has 108 valence electrons. The maximum absolute atomic E-state index is 12.4. The van der Waals surface area contributed by atoms with Gasteiger partial charge >= 0.3 is 0 Å². The van der Waals surface area contributed by atoms with Gasteiger partial charge in [0.2, 0.25) is 0 Å². The Morgan fingerprint density at radius 1 is 1.40 bits per heavy atom. The van der Waals surface area contributed by atoms with Crippen LogP contribution in [0.25, 0.3) is 0 Å². The summed E-state index contributed by atoms with van der Waals surface area (Å²) < 4.78 is 5.46. The normalized spacial score (nSPS) is 17.7. The summed E-state index contributed by atoms with van der Waals surface area (Å²) in [6.07, 6.45) is 4.41. The largest absolute Gasteiger partial charge is 0.493 e. The lowest BCUT2D eigenvalue weighted by atomic mass is 9.91. The number of ether oxygens (including phenoxy) is 1. The highest BCUT2D eigenvalue weighted by atomic mass is 16.5. The van der Waals surface area contributed by atoms with Crippen LogP contribution >= 0.6 is 0 Å². The number of carbonyl (C=O) groups excluding carboxylic acids is 1. The van der Waals surface area contributed by atoms with Gasteiger partial charge in [0.1, 0.15) is 5.75 Å². The molecule has 2 aliphatic rings. The van der Waals surface area contributed by atoms with Crippen LogP contribution < -0.4 is 4.74 Å². The zero-order valence-electron chi connectivity index (χ0n) is 11.7. The first-order valence-corrected chi connectivity index (χ1v) is 7.42. The van der Waals surface area contributed by atoms with Gasteiger partial charge in [0.25, 0.3) is 0 Å². The van der Waals surface area contributed by atoms with Crippen LogP contribution in [0.2, 0.25) is 0 Å². The lowest BCUT2D eigenvalue weighted by Crippen LogP contribution is -2.44. The number of rotatable bonds is 6. The second-order valence-electron chi connectivity index (χ2n) is 5.62. The van der Waals surface area contributed by atoms with Gasteiger partial charge in [-0.2, -0.15) is 0 Å². The minimum atomic E-state index is 0.113. The zero-order chi connectivity index (χ0) is 13.9. The number of benzene rings is 1. The highest BCUT2D eigenvalue weighted by Gasteiger charge is 2.26. The third-order valence-corrected chi connectivity index (χ3v) is 4.34. The van der Waals surface area contributed by atoms with Gasteiger partial charge in [-0.15, -0.1) is 0 Å². The van der Waals surface area contributed by atoms with E-state index in [1.807, 2.05) is 18.2 Å². The van der Waals surface area contributed by atoms with E-state index in [2.05, 4.69) is 4.90 Å². The van der Waals surface area contributed by atoms with E-state index in [0.717, 1.165) is 36.1 Å². The standard InChI is InChI=1S/C16H21NO3/c18-8-7-17(14-2-1-3-14)11-15(19)12-4-5-16-13(10-12)6-9-20-16/h4-5,10,14,18H,1-3,6-9,11H2. The van der Waals surface area contributed by atoms with E-state index >= 15 is 0 Å². The van der Waals surface area contributed by atoms with Gasteiger partial charge < -0.3 is 9.84 Å². The molecule has 0 unspecified atom stereocenters. The van der Waals surface area contributed by atoms with Crippen molar-refractivity contribution >= 4 is 5.78 Å². The lowest BCUT2D eigenvalue weighted by molar-refractivity contribution is 0.0747. The number of hydrogen-bond acceptors (Lipinski definition) is 4. The molecule has 0 saturated heterocycles. The van der Waals surface area contributed by atoms with E-state index in [1.54, 1.807) is 0 Å². The molecule has 3 rings (SSSR count). The van der Waals surface area contributed by atoms with Gasteiger partial charge in [0.05, 0.1) is 19.8 Å². The van der Waals surface area contributed by atoms with Gasteiger partial charge in [-0.1, -0.05) is 6.42 Å². The molecule has 20 heavy (non-hydrogen) atoms. The summed E-state index contributed by atoms with van der Waals surface area (Å²) in [5, 5.41) is 9.15. The summed E-state index contributed by atoms with van der Waals surface area (Å²) in [5.41, 5.74) is 1.89. The van der Waals surface area contributed by atoms with Crippen molar-refractivity contribution in [2.75, 3.05) is 26.3 Å². The van der Waals surface area contributed by atoms with Crippen molar-refractivity contribution in [3.63, 3.8) is 0 Å². The number of Topliss-reactive ketones (excluding diaryl/α,β-unsaturated/α-hetero) is 1. The number of fused-ring (bicyclic) bond motifs is 1. The number of aliphatic hydroxyl groups is 1. The number of carbonyl (C=O) groups is 1. The minimum Gasteiger partial charge on any atom is -0.493 e. The molecule has 1 N–H and O–H groups in total. The quantitative estimate of drug-likeness (QED) is 0.802. The van der Waals surface area contributed by atoms with E-state index < -0.39 is 0 Å². The van der Waals surface area contributed by atoms with Gasteiger partial charge in [0, 0.05) is 24.6 Å². The van der Waals surface area contributed by atoms with Gasteiger partial charge in [0.15, 0.2) is 5.78 Å². The molecule has 1 saturated carbocycles. The molecule has 0 aromatic heterocycles. The van der Waals surface area contributed by atoms with Crippen molar-refractivity contribution in [1.82, 2.24) is 4.90 Å². The Morgan fingerprint density at radius 2 is 2.25 bits per heavy atom. The number of hydrogen-bond donors (Lipinski definition) is 1. The summed E-state index contributed by atoms with van der Waals surface area (Å²) in [6.45, 7) is 1.82. The first-order chi connectivity index (χ1) is 9.78. The Bertz CT molecular complexity index is 496. The Hall–Kier alpha value is -1.39. The molecule has 1 aromatic rings. The SMILES string of the molecule is O=C(CN(CCO)C1CCC1)c1ccc2c(c1)CCO2. The van der Waals surface area contributed by atoms with Crippen molar-refractivity contribution in [3.05, 3.63) is 29.3 Å². The number of aliphatic hydroxyl groups excluding tert-OH is 1. The number of nitrogens with zero attached hydrogens (tertiary/aromatic N) is 1. The Balaban J connectivity index is 1.68. The third kappa shape index (κ3) is 2.72. The first kappa shape index (κ1) is 13.6. The molecule has 4 heteroatoms. The monoisotopic (exact) mass is 275 g/mol. The van der Waals surface area contributed by atoms with Crippen LogP contribution in [0.3, 0.4) is 0 Å². The molecular weight excluding hydrogens is 254 g/mol. The summed E-state index contributed by atoms with van der Waals surface area (Å²) >= 11 is 0. The maximum Gasteiger partial charge on any atom is 0.176 e. The molecule has 1 fully saturated rings. The average molecular weight is 275 g/mol. The van der Waals surface area contributed by atoms with Crippen molar-refractivity contribution in [1.29, 1.82) is 0 Å². The van der Waals surface area contributed by atoms with E-state index in [9.17, 15) is 4.79 Å². The lowest BCUT2D eigenvalue weighted by Gasteiger charge is -2.36. The highest BCUT2D eigenvalue weighted by Crippen LogP contribution is 2.27. The maximum atomic E-state index is 12.4. The zero-order valence-corrected chi connectivity index (χ0v) is 11.7. The van der Waals surface area contributed by atoms with E-state index in [4.69, 9.17) is 9.84 Å². The molecule has 1 aliphatic heterocycles. The van der Waals surface area contributed by atoms with Crippen molar-refractivity contribution in [3.8, 4) is 5.75 Å². The molecule has 1 aromatic carbocycles. The smallest absolute Gasteiger partial charge is 0.176 e. The van der Waals surface area contributed by atoms with Crippen LogP contribution in [-0.2, 0) is 6.42 Å². The fraction of sp³-hybridized carbons (Fsp3) is 0.562. The Morgan fingerprint density at radius 3 is 2.95 bits per heavy atom. The molecule has 1 heterocycles. The van der Waals surface area contributed by atoms with Crippen LogP contribution in [0.15, 0.2) is 18.2 Å². The fourth-order valence-corrected chi connectivity index (χ4v) is 2.91. The van der Waals surface area contributed by atoms with E-state index in [0.29, 0.717) is 25.7 Å². The fourth-order valence-electron chi connectivity index (χ4n) is 2.91. The van der Waals surface area contributed by atoms with Crippen molar-refractivity contribution in [2.45, 2.75) is 31.7 Å². The number of ketones is 1. The van der Waals surface area contributed by atoms with Crippen LogP contribution in [0.4, 0.5) is 0 Å². The second kappa shape index (κ2) is 5.94. The first-order valence-electron chi connectivity index (χ1n) is 7.42. The summed E-state index contributed by atoms with van der Waals surface area (Å²) in [6, 6.07) is 6.19. The molecule has 0 amide bonds. The minimum absolute atomic E-state index is 0.113. The van der Waals surface area contributed by atoms with Gasteiger partial charge in [-0.25, -0.2) is 0 Å².